The third kappa shape index (κ3) is 8.15. The Morgan fingerprint density at radius 3 is 1.95 bits per heavy atom. The van der Waals surface area contributed by atoms with Gasteiger partial charge in [-0.3, -0.25) is 14.8 Å². The van der Waals surface area contributed by atoms with Crippen LogP contribution in [0.2, 0.25) is 0 Å². The molecule has 0 unspecified atom stereocenters. The molecular weight excluding hydrogens is 520 g/mol. The molecule has 0 saturated carbocycles. The molecule has 2 heterocycles. The number of rotatable bonds is 4. The summed E-state index contributed by atoms with van der Waals surface area (Å²) in [5, 5.41) is 14.2. The summed E-state index contributed by atoms with van der Waals surface area (Å²) >= 11 is 0. The molecule has 0 spiro atoms. The topological polar surface area (TPSA) is 94.0 Å². The third-order valence-electron chi connectivity index (χ3n) is 6.43. The molecule has 13 heteroatoms. The van der Waals surface area contributed by atoms with Gasteiger partial charge in [-0.05, 0) is 49.6 Å². The van der Waals surface area contributed by atoms with Crippen molar-refractivity contribution in [2.24, 2.45) is 5.92 Å². The number of benzene rings is 1. The van der Waals surface area contributed by atoms with E-state index in [-0.39, 0.29) is 0 Å². The number of carboxylic acid groups (broad SMARTS) is 2. The number of aliphatic carboxylic acids is 2. The highest BCUT2D eigenvalue weighted by Gasteiger charge is 2.47. The highest BCUT2D eigenvalue weighted by Crippen LogP contribution is 2.51. The van der Waals surface area contributed by atoms with Crippen molar-refractivity contribution in [1.29, 1.82) is 0 Å². The Morgan fingerprint density at radius 2 is 1.50 bits per heavy atom. The number of carboxylic acids is 2. The molecule has 0 bridgehead atoms. The fraction of sp³-hybridized carbons (Fsp3) is 0.480. The second kappa shape index (κ2) is 12.6. The largest absolute Gasteiger partial charge is 0.490 e. The summed E-state index contributed by atoms with van der Waals surface area (Å²) in [6, 6.07) is 14.5. The van der Waals surface area contributed by atoms with E-state index in [1.807, 2.05) is 18.5 Å². The van der Waals surface area contributed by atoms with Crippen LogP contribution in [0.5, 0.6) is 0 Å². The molecule has 7 nitrogen and oxygen atoms in total. The maximum Gasteiger partial charge on any atom is 0.490 e. The first kappa shape index (κ1) is 31.0. The van der Waals surface area contributed by atoms with E-state index in [1.54, 1.807) is 11.1 Å². The van der Waals surface area contributed by atoms with Crippen molar-refractivity contribution >= 4 is 11.9 Å². The number of nitrogens with zero attached hydrogens (tertiary/aromatic N) is 3. The molecule has 1 fully saturated rings. The van der Waals surface area contributed by atoms with Gasteiger partial charge in [0.1, 0.15) is 0 Å². The molecule has 4 rings (SSSR count). The zero-order chi connectivity index (χ0) is 28.8. The maximum absolute atomic E-state index is 10.6. The Bertz CT molecular complexity index is 1050. The maximum atomic E-state index is 10.6. The van der Waals surface area contributed by atoms with Crippen molar-refractivity contribution in [2.45, 2.75) is 50.7 Å². The van der Waals surface area contributed by atoms with Crippen LogP contribution < -0.4 is 0 Å². The monoisotopic (exact) mass is 549 g/mol. The van der Waals surface area contributed by atoms with Crippen LogP contribution in [0.25, 0.3) is 0 Å². The number of likely N-dealkylation sites (tertiary alicyclic amines) is 1. The van der Waals surface area contributed by atoms with E-state index < -0.39 is 24.3 Å². The lowest BCUT2D eigenvalue weighted by atomic mass is 9.93. The number of aromatic nitrogens is 1. The van der Waals surface area contributed by atoms with Gasteiger partial charge < -0.3 is 10.2 Å². The summed E-state index contributed by atoms with van der Waals surface area (Å²) in [7, 11) is 2.29. The van der Waals surface area contributed by atoms with Gasteiger partial charge in [-0.1, -0.05) is 30.3 Å². The molecule has 0 radical (unpaired) electrons. The van der Waals surface area contributed by atoms with E-state index in [4.69, 9.17) is 19.8 Å². The first-order valence-electron chi connectivity index (χ1n) is 11.6. The average Bonchev–Trinajstić information content (AvgIpc) is 3.35. The number of hydrogen-bond donors (Lipinski definition) is 2. The molecule has 1 aliphatic carbocycles. The minimum Gasteiger partial charge on any atom is -0.475 e. The third-order valence-corrected chi connectivity index (χ3v) is 6.43. The van der Waals surface area contributed by atoms with Crippen molar-refractivity contribution in [3.63, 3.8) is 0 Å². The van der Waals surface area contributed by atoms with E-state index in [2.05, 4.69) is 66.0 Å². The van der Waals surface area contributed by atoms with Gasteiger partial charge >= 0.3 is 24.3 Å². The summed E-state index contributed by atoms with van der Waals surface area (Å²) < 4.78 is 63.5. The molecule has 1 aromatic heterocycles. The van der Waals surface area contributed by atoms with Crippen molar-refractivity contribution in [3.8, 4) is 0 Å². The van der Waals surface area contributed by atoms with Gasteiger partial charge in [0, 0.05) is 50.0 Å². The average molecular weight is 550 g/mol. The molecule has 2 aliphatic rings. The fourth-order valence-corrected chi connectivity index (χ4v) is 4.63. The first-order chi connectivity index (χ1) is 17.5. The van der Waals surface area contributed by atoms with Crippen molar-refractivity contribution in [3.05, 3.63) is 65.5 Å². The number of hydrogen-bond acceptors (Lipinski definition) is 5. The van der Waals surface area contributed by atoms with Gasteiger partial charge in [0.05, 0.1) is 0 Å². The molecule has 3 atom stereocenters. The summed E-state index contributed by atoms with van der Waals surface area (Å²) in [6.07, 6.45) is -6.31. The molecule has 38 heavy (non-hydrogen) atoms. The van der Waals surface area contributed by atoms with E-state index >= 15 is 0 Å². The number of fused-ring (bicyclic) bond motifs is 3. The van der Waals surface area contributed by atoms with Gasteiger partial charge in [0.25, 0.3) is 0 Å². The van der Waals surface area contributed by atoms with Crippen molar-refractivity contribution < 1.29 is 46.1 Å². The second-order valence-electron chi connectivity index (χ2n) is 9.26. The zero-order valence-electron chi connectivity index (χ0n) is 20.9. The normalized spacial score (nSPS) is 20.7. The number of alkyl halides is 6. The van der Waals surface area contributed by atoms with Crippen LogP contribution in [0.15, 0.2) is 48.8 Å². The molecular formula is C25H29F6N3O4. The lowest BCUT2D eigenvalue weighted by molar-refractivity contribution is -0.193. The summed E-state index contributed by atoms with van der Waals surface area (Å²) in [5.41, 5.74) is 4.46. The van der Waals surface area contributed by atoms with E-state index in [0.29, 0.717) is 23.9 Å². The predicted molar refractivity (Wildman–Crippen MR) is 125 cm³/mol. The quantitative estimate of drug-likeness (QED) is 0.521. The smallest absolute Gasteiger partial charge is 0.475 e. The van der Waals surface area contributed by atoms with Crippen LogP contribution in [0.1, 0.15) is 42.5 Å². The molecule has 210 valence electrons. The van der Waals surface area contributed by atoms with Crippen LogP contribution in [0.4, 0.5) is 26.3 Å². The highest BCUT2D eigenvalue weighted by molar-refractivity contribution is 5.73. The van der Waals surface area contributed by atoms with Gasteiger partial charge in [-0.25, -0.2) is 9.59 Å². The Hall–Kier alpha value is -3.19. The predicted octanol–water partition coefficient (Wildman–Crippen LogP) is 4.96. The molecule has 2 N–H and O–H groups in total. The van der Waals surface area contributed by atoms with Crippen LogP contribution in [-0.2, 0) is 16.1 Å². The fourth-order valence-electron chi connectivity index (χ4n) is 4.63. The Balaban J connectivity index is 0.000000301. The molecule has 0 amide bonds. The second-order valence-corrected chi connectivity index (χ2v) is 9.26. The van der Waals surface area contributed by atoms with Gasteiger partial charge in [-0.2, -0.15) is 26.3 Å². The van der Waals surface area contributed by atoms with Crippen LogP contribution in [0.3, 0.4) is 0 Å². The standard InChI is InChI=1S/C21H27N3.2C2HF3O2/c1-15(2)23(3)21-18-9-5-4-8-17(18)19-13-24(14-20(19)21)12-16-7-6-10-22-11-16;2*3-2(4,5)1(6)7/h4-11,15,19-21H,12-14H2,1-3H3;2*(H,6,7)/t19-,20-,21-;;/m0../s1. The molecule has 1 saturated heterocycles. The van der Waals surface area contributed by atoms with Crippen LogP contribution in [-0.4, -0.2) is 75.5 Å². The Kier molecular flexibility index (Phi) is 10.3. The minimum atomic E-state index is -5.08. The lowest BCUT2D eigenvalue weighted by Crippen LogP contribution is -2.35. The Labute approximate surface area is 215 Å². The highest BCUT2D eigenvalue weighted by atomic mass is 19.4. The van der Waals surface area contributed by atoms with E-state index in [1.165, 1.54) is 18.7 Å². The van der Waals surface area contributed by atoms with Gasteiger partial charge in [0.15, 0.2) is 0 Å². The summed E-state index contributed by atoms with van der Waals surface area (Å²) in [6.45, 7) is 7.96. The lowest BCUT2D eigenvalue weighted by Gasteiger charge is -2.33. The van der Waals surface area contributed by atoms with Crippen molar-refractivity contribution in [2.75, 3.05) is 20.1 Å². The minimum absolute atomic E-state index is 0.546. The zero-order valence-corrected chi connectivity index (χ0v) is 20.9. The van der Waals surface area contributed by atoms with Crippen LogP contribution >= 0.6 is 0 Å². The van der Waals surface area contributed by atoms with Crippen LogP contribution in [0, 0.1) is 5.92 Å². The summed E-state index contributed by atoms with van der Waals surface area (Å²) in [5.74, 6) is -4.14. The number of pyridine rings is 1. The summed E-state index contributed by atoms with van der Waals surface area (Å²) in [4.78, 5) is 27.2. The molecule has 1 aliphatic heterocycles. The Morgan fingerprint density at radius 1 is 0.974 bits per heavy atom. The first-order valence-corrected chi connectivity index (χ1v) is 11.6. The molecule has 2 aromatic rings. The van der Waals surface area contributed by atoms with Gasteiger partial charge in [-0.15, -0.1) is 0 Å². The molecule has 1 aromatic carbocycles. The SMILES string of the molecule is CC(C)N(C)[C@H]1c2ccccc2[C@@H]2CN(Cc3cccnc3)C[C@@H]21.O=C(O)C(F)(F)F.O=C(O)C(F)(F)F. The van der Waals surface area contributed by atoms with E-state index in [9.17, 15) is 26.3 Å². The number of carbonyl (C=O) groups is 2. The van der Waals surface area contributed by atoms with E-state index in [0.717, 1.165) is 6.54 Å². The number of halogens is 6. The van der Waals surface area contributed by atoms with Gasteiger partial charge in [0.2, 0.25) is 0 Å². The van der Waals surface area contributed by atoms with Crippen molar-refractivity contribution in [1.82, 2.24) is 14.8 Å².